The van der Waals surface area contributed by atoms with Crippen molar-refractivity contribution in [3.63, 3.8) is 0 Å². The molecule has 0 spiro atoms. The average molecular weight is 264 g/mol. The number of aromatic nitrogens is 2. The first-order valence-electron chi connectivity index (χ1n) is 7.06. The minimum absolute atomic E-state index is 0.702. The molecular formula is C14H24N4O. The quantitative estimate of drug-likeness (QED) is 0.851. The fraction of sp³-hybridized carbons (Fsp3) is 0.714. The molecule has 5 heteroatoms. The highest BCUT2D eigenvalue weighted by atomic mass is 16.5. The monoisotopic (exact) mass is 264 g/mol. The summed E-state index contributed by atoms with van der Waals surface area (Å²) in [7, 11) is 3.93. The Labute approximate surface area is 115 Å². The number of hydrogen-bond acceptors (Lipinski definition) is 5. The van der Waals surface area contributed by atoms with Crippen molar-refractivity contribution in [2.24, 2.45) is 5.92 Å². The highest BCUT2D eigenvalue weighted by molar-refractivity contribution is 5.43. The summed E-state index contributed by atoms with van der Waals surface area (Å²) in [6.45, 7) is 4.89. The second kappa shape index (κ2) is 6.70. The third-order valence-electron chi connectivity index (χ3n) is 3.41. The first-order chi connectivity index (χ1) is 9.19. The Kier molecular flexibility index (Phi) is 4.96. The van der Waals surface area contributed by atoms with Gasteiger partial charge in [0.25, 0.3) is 0 Å². The van der Waals surface area contributed by atoms with Crippen LogP contribution in [0.1, 0.15) is 25.5 Å². The molecule has 1 aliphatic rings. The maximum atomic E-state index is 5.39. The summed E-state index contributed by atoms with van der Waals surface area (Å²) in [6, 6.07) is 2.04. The third-order valence-corrected chi connectivity index (χ3v) is 3.41. The zero-order valence-electron chi connectivity index (χ0n) is 12.1. The molecule has 1 atom stereocenters. The van der Waals surface area contributed by atoms with Crippen LogP contribution in [0.3, 0.4) is 0 Å². The summed E-state index contributed by atoms with van der Waals surface area (Å²) in [5.74, 6) is 2.40. The fourth-order valence-electron chi connectivity index (χ4n) is 2.17. The van der Waals surface area contributed by atoms with Crippen molar-refractivity contribution in [3.8, 4) is 0 Å². The Bertz CT molecular complexity index is 402. The molecule has 0 unspecified atom stereocenters. The number of ether oxygens (including phenoxy) is 1. The van der Waals surface area contributed by atoms with Crippen molar-refractivity contribution in [2.45, 2.75) is 26.2 Å². The lowest BCUT2D eigenvalue weighted by atomic mass is 10.1. The van der Waals surface area contributed by atoms with E-state index in [2.05, 4.69) is 22.2 Å². The van der Waals surface area contributed by atoms with Crippen molar-refractivity contribution in [1.29, 1.82) is 0 Å². The van der Waals surface area contributed by atoms with Gasteiger partial charge in [0.05, 0.1) is 0 Å². The highest BCUT2D eigenvalue weighted by Crippen LogP contribution is 2.17. The lowest BCUT2D eigenvalue weighted by Crippen LogP contribution is -2.16. The van der Waals surface area contributed by atoms with E-state index >= 15 is 0 Å². The van der Waals surface area contributed by atoms with E-state index in [0.717, 1.165) is 50.1 Å². The van der Waals surface area contributed by atoms with Gasteiger partial charge in [-0.1, -0.05) is 6.92 Å². The van der Waals surface area contributed by atoms with Gasteiger partial charge in [0, 0.05) is 45.6 Å². The highest BCUT2D eigenvalue weighted by Gasteiger charge is 2.15. The SMILES string of the molecule is CCc1cc(NCC[C@H]2CCOC2)nc(N(C)C)n1. The molecule has 1 saturated heterocycles. The Morgan fingerprint density at radius 2 is 2.26 bits per heavy atom. The van der Waals surface area contributed by atoms with Crippen LogP contribution in [-0.4, -0.2) is 43.8 Å². The molecule has 19 heavy (non-hydrogen) atoms. The van der Waals surface area contributed by atoms with E-state index in [-0.39, 0.29) is 0 Å². The summed E-state index contributed by atoms with van der Waals surface area (Å²) in [6.07, 6.45) is 3.26. The molecule has 106 valence electrons. The van der Waals surface area contributed by atoms with E-state index in [4.69, 9.17) is 4.74 Å². The van der Waals surface area contributed by atoms with Gasteiger partial charge in [0.15, 0.2) is 0 Å². The second-order valence-corrected chi connectivity index (χ2v) is 5.24. The Balaban J connectivity index is 1.92. The molecule has 2 heterocycles. The molecule has 0 aromatic carbocycles. The average Bonchev–Trinajstić information content (AvgIpc) is 2.91. The molecular weight excluding hydrogens is 240 g/mol. The van der Waals surface area contributed by atoms with E-state index < -0.39 is 0 Å². The van der Waals surface area contributed by atoms with Crippen LogP contribution in [0.2, 0.25) is 0 Å². The number of nitrogens with zero attached hydrogens (tertiary/aromatic N) is 3. The molecule has 1 N–H and O–H groups in total. The molecule has 0 amide bonds. The Morgan fingerprint density at radius 3 is 2.89 bits per heavy atom. The van der Waals surface area contributed by atoms with Crippen molar-refractivity contribution in [1.82, 2.24) is 9.97 Å². The maximum absolute atomic E-state index is 5.39. The van der Waals surface area contributed by atoms with E-state index in [1.807, 2.05) is 25.1 Å². The zero-order chi connectivity index (χ0) is 13.7. The molecule has 0 radical (unpaired) electrons. The Morgan fingerprint density at radius 1 is 1.42 bits per heavy atom. The summed E-state index contributed by atoms with van der Waals surface area (Å²) in [5.41, 5.74) is 1.07. The molecule has 0 aliphatic carbocycles. The summed E-state index contributed by atoms with van der Waals surface area (Å²) in [5, 5.41) is 3.41. The minimum Gasteiger partial charge on any atom is -0.381 e. The van der Waals surface area contributed by atoms with Crippen molar-refractivity contribution >= 4 is 11.8 Å². The number of anilines is 2. The van der Waals surface area contributed by atoms with Gasteiger partial charge in [0.1, 0.15) is 5.82 Å². The molecule has 2 rings (SSSR count). The van der Waals surface area contributed by atoms with E-state index in [0.29, 0.717) is 5.92 Å². The van der Waals surface area contributed by atoms with Gasteiger partial charge in [-0.15, -0.1) is 0 Å². The van der Waals surface area contributed by atoms with Gasteiger partial charge in [0.2, 0.25) is 5.95 Å². The molecule has 0 saturated carbocycles. The van der Waals surface area contributed by atoms with Gasteiger partial charge in [-0.05, 0) is 25.2 Å². The van der Waals surface area contributed by atoms with Gasteiger partial charge in [-0.3, -0.25) is 0 Å². The largest absolute Gasteiger partial charge is 0.381 e. The standard InChI is InChI=1S/C14H24N4O/c1-4-12-9-13(17-14(16-12)18(2)3)15-7-5-11-6-8-19-10-11/h9,11H,4-8,10H2,1-3H3,(H,15,16,17)/t11-/m0/s1. The summed E-state index contributed by atoms with van der Waals surface area (Å²) in [4.78, 5) is 10.9. The van der Waals surface area contributed by atoms with Gasteiger partial charge < -0.3 is 15.0 Å². The number of nitrogens with one attached hydrogen (secondary N) is 1. The van der Waals surface area contributed by atoms with Crippen LogP contribution < -0.4 is 10.2 Å². The lowest BCUT2D eigenvalue weighted by Gasteiger charge is -2.14. The molecule has 1 aliphatic heterocycles. The Hall–Kier alpha value is -1.36. The first kappa shape index (κ1) is 14.1. The van der Waals surface area contributed by atoms with Gasteiger partial charge >= 0.3 is 0 Å². The van der Waals surface area contributed by atoms with Crippen molar-refractivity contribution < 1.29 is 4.74 Å². The number of aryl methyl sites for hydroxylation is 1. The maximum Gasteiger partial charge on any atom is 0.226 e. The number of rotatable bonds is 6. The van der Waals surface area contributed by atoms with E-state index in [9.17, 15) is 0 Å². The smallest absolute Gasteiger partial charge is 0.226 e. The van der Waals surface area contributed by atoms with E-state index in [1.165, 1.54) is 6.42 Å². The summed E-state index contributed by atoms with van der Waals surface area (Å²) < 4.78 is 5.39. The van der Waals surface area contributed by atoms with Crippen LogP contribution in [0.5, 0.6) is 0 Å². The molecule has 1 aromatic rings. The summed E-state index contributed by atoms with van der Waals surface area (Å²) >= 11 is 0. The predicted molar refractivity (Wildman–Crippen MR) is 77.8 cm³/mol. The van der Waals surface area contributed by atoms with Crippen LogP contribution >= 0.6 is 0 Å². The van der Waals surface area contributed by atoms with Crippen LogP contribution in [0.4, 0.5) is 11.8 Å². The van der Waals surface area contributed by atoms with Crippen molar-refractivity contribution in [2.75, 3.05) is 44.1 Å². The fourth-order valence-corrected chi connectivity index (χ4v) is 2.17. The van der Waals surface area contributed by atoms with Crippen molar-refractivity contribution in [3.05, 3.63) is 11.8 Å². The van der Waals surface area contributed by atoms with Gasteiger partial charge in [-0.2, -0.15) is 4.98 Å². The van der Waals surface area contributed by atoms with Crippen LogP contribution in [-0.2, 0) is 11.2 Å². The minimum atomic E-state index is 0.702. The molecule has 0 bridgehead atoms. The van der Waals surface area contributed by atoms with Crippen LogP contribution in [0.15, 0.2) is 6.07 Å². The number of hydrogen-bond donors (Lipinski definition) is 1. The third kappa shape index (κ3) is 4.06. The van der Waals surface area contributed by atoms with Crippen LogP contribution in [0.25, 0.3) is 0 Å². The molecule has 5 nitrogen and oxygen atoms in total. The van der Waals surface area contributed by atoms with E-state index in [1.54, 1.807) is 0 Å². The van der Waals surface area contributed by atoms with Gasteiger partial charge in [-0.25, -0.2) is 4.98 Å². The molecule has 1 aromatic heterocycles. The lowest BCUT2D eigenvalue weighted by molar-refractivity contribution is 0.185. The predicted octanol–water partition coefficient (Wildman–Crippen LogP) is 1.94. The topological polar surface area (TPSA) is 50.3 Å². The molecule has 1 fully saturated rings. The zero-order valence-corrected chi connectivity index (χ0v) is 12.1. The normalized spacial score (nSPS) is 18.6. The first-order valence-corrected chi connectivity index (χ1v) is 7.06. The van der Waals surface area contributed by atoms with Crippen LogP contribution in [0, 0.1) is 5.92 Å². The second-order valence-electron chi connectivity index (χ2n) is 5.24.